The van der Waals surface area contributed by atoms with Gasteiger partial charge in [-0.15, -0.1) is 0 Å². The van der Waals surface area contributed by atoms with Gasteiger partial charge in [-0.3, -0.25) is 0 Å². The number of fused-ring (bicyclic) bond motifs is 1. The maximum absolute atomic E-state index is 5.45. The summed E-state index contributed by atoms with van der Waals surface area (Å²) in [5, 5.41) is 3.48. The summed E-state index contributed by atoms with van der Waals surface area (Å²) < 4.78 is 5.45. The van der Waals surface area contributed by atoms with E-state index in [1.807, 2.05) is 0 Å². The first-order chi connectivity index (χ1) is 7.92. The zero-order chi connectivity index (χ0) is 10.8. The van der Waals surface area contributed by atoms with Gasteiger partial charge in [0.2, 0.25) is 0 Å². The van der Waals surface area contributed by atoms with Gasteiger partial charge in [-0.1, -0.05) is 18.2 Å². The molecule has 3 rings (SSSR count). The monoisotopic (exact) mass is 217 g/mol. The highest BCUT2D eigenvalue weighted by Crippen LogP contribution is 2.23. The topological polar surface area (TPSA) is 21.3 Å². The summed E-state index contributed by atoms with van der Waals surface area (Å²) in [6.45, 7) is 4.01. The summed E-state index contributed by atoms with van der Waals surface area (Å²) in [6, 6.07) is 6.87. The molecule has 2 aliphatic heterocycles. The molecular weight excluding hydrogens is 198 g/mol. The highest BCUT2D eigenvalue weighted by atomic mass is 16.5. The van der Waals surface area contributed by atoms with Gasteiger partial charge in [0.05, 0.1) is 13.2 Å². The molecule has 0 spiro atoms. The minimum absolute atomic E-state index is 0.806. The molecule has 1 N–H and O–H groups in total. The summed E-state index contributed by atoms with van der Waals surface area (Å²) in [5.41, 5.74) is 4.27. The Balaban J connectivity index is 1.69. The van der Waals surface area contributed by atoms with Gasteiger partial charge < -0.3 is 10.1 Å². The van der Waals surface area contributed by atoms with Crippen LogP contribution in [-0.4, -0.2) is 13.1 Å². The fourth-order valence-corrected chi connectivity index (χ4v) is 2.78. The molecular formula is C14H19NO. The van der Waals surface area contributed by atoms with Crippen molar-refractivity contribution in [2.24, 2.45) is 5.92 Å². The van der Waals surface area contributed by atoms with Gasteiger partial charge in [0.15, 0.2) is 0 Å². The Hall–Kier alpha value is -0.860. The molecule has 16 heavy (non-hydrogen) atoms. The number of hydrogen-bond acceptors (Lipinski definition) is 2. The standard InChI is InChI=1S/C14H19NO/c1-2-12(8-15-5-1)6-11-3-4-13-9-16-10-14(13)7-11/h3-4,7,12,15H,1-2,5-6,8-10H2. The average molecular weight is 217 g/mol. The first-order valence-electron chi connectivity index (χ1n) is 6.31. The van der Waals surface area contributed by atoms with E-state index in [0.29, 0.717) is 0 Å². The van der Waals surface area contributed by atoms with Gasteiger partial charge in [0.1, 0.15) is 0 Å². The predicted molar refractivity (Wildman–Crippen MR) is 64.2 cm³/mol. The Kier molecular flexibility index (Phi) is 2.94. The smallest absolute Gasteiger partial charge is 0.0725 e. The van der Waals surface area contributed by atoms with Crippen molar-refractivity contribution >= 4 is 0 Å². The fourth-order valence-electron chi connectivity index (χ4n) is 2.78. The number of ether oxygens (including phenoxy) is 1. The Labute approximate surface area is 97.0 Å². The Morgan fingerprint density at radius 3 is 3.06 bits per heavy atom. The molecule has 0 aromatic heterocycles. The molecule has 2 heteroatoms. The molecule has 1 aromatic rings. The summed E-state index contributed by atoms with van der Waals surface area (Å²) in [7, 11) is 0. The van der Waals surface area contributed by atoms with E-state index in [1.54, 1.807) is 0 Å². The molecule has 1 unspecified atom stereocenters. The molecule has 2 aliphatic rings. The van der Waals surface area contributed by atoms with E-state index in [-0.39, 0.29) is 0 Å². The van der Waals surface area contributed by atoms with E-state index in [4.69, 9.17) is 4.74 Å². The Morgan fingerprint density at radius 1 is 1.25 bits per heavy atom. The maximum Gasteiger partial charge on any atom is 0.0725 e. The molecule has 1 atom stereocenters. The van der Waals surface area contributed by atoms with Crippen molar-refractivity contribution in [1.82, 2.24) is 5.32 Å². The van der Waals surface area contributed by atoms with Crippen molar-refractivity contribution in [3.05, 3.63) is 34.9 Å². The van der Waals surface area contributed by atoms with Crippen LogP contribution >= 0.6 is 0 Å². The second-order valence-corrected chi connectivity index (χ2v) is 5.01. The molecule has 1 saturated heterocycles. The van der Waals surface area contributed by atoms with Crippen molar-refractivity contribution in [3.8, 4) is 0 Å². The number of benzene rings is 1. The lowest BCUT2D eigenvalue weighted by molar-refractivity contribution is 0.134. The van der Waals surface area contributed by atoms with Crippen LogP contribution in [0.25, 0.3) is 0 Å². The van der Waals surface area contributed by atoms with Gasteiger partial charge >= 0.3 is 0 Å². The van der Waals surface area contributed by atoms with E-state index in [0.717, 1.165) is 19.1 Å². The lowest BCUT2D eigenvalue weighted by Gasteiger charge is -2.22. The van der Waals surface area contributed by atoms with Crippen LogP contribution in [0.3, 0.4) is 0 Å². The van der Waals surface area contributed by atoms with Crippen LogP contribution in [0.4, 0.5) is 0 Å². The summed E-state index contributed by atoms with van der Waals surface area (Å²) in [5.74, 6) is 0.828. The fraction of sp³-hybridized carbons (Fsp3) is 0.571. The SMILES string of the molecule is c1cc2c(cc1CC1CCCNC1)COC2. The predicted octanol–water partition coefficient (Wildman–Crippen LogP) is 2.26. The summed E-state index contributed by atoms with van der Waals surface area (Å²) >= 11 is 0. The van der Waals surface area contributed by atoms with E-state index < -0.39 is 0 Å². The molecule has 1 aromatic carbocycles. The summed E-state index contributed by atoms with van der Waals surface area (Å²) in [6.07, 6.45) is 3.93. The quantitative estimate of drug-likeness (QED) is 0.820. The highest BCUT2D eigenvalue weighted by molar-refractivity contribution is 5.33. The first-order valence-corrected chi connectivity index (χ1v) is 6.31. The van der Waals surface area contributed by atoms with Crippen LogP contribution in [0.1, 0.15) is 29.5 Å². The Bertz CT molecular complexity index is 369. The van der Waals surface area contributed by atoms with Gasteiger partial charge in [0, 0.05) is 0 Å². The van der Waals surface area contributed by atoms with E-state index in [9.17, 15) is 0 Å². The van der Waals surface area contributed by atoms with Crippen LogP contribution in [0.15, 0.2) is 18.2 Å². The normalized spacial score (nSPS) is 24.4. The van der Waals surface area contributed by atoms with Crippen molar-refractivity contribution in [1.29, 1.82) is 0 Å². The van der Waals surface area contributed by atoms with E-state index in [1.165, 1.54) is 49.0 Å². The van der Waals surface area contributed by atoms with Crippen LogP contribution in [0.2, 0.25) is 0 Å². The largest absolute Gasteiger partial charge is 0.372 e. The van der Waals surface area contributed by atoms with Crippen molar-refractivity contribution in [2.75, 3.05) is 13.1 Å². The van der Waals surface area contributed by atoms with Crippen LogP contribution < -0.4 is 5.32 Å². The first kappa shape index (κ1) is 10.3. The van der Waals surface area contributed by atoms with E-state index >= 15 is 0 Å². The average Bonchev–Trinajstić information content (AvgIpc) is 2.77. The lowest BCUT2D eigenvalue weighted by atomic mass is 9.91. The second-order valence-electron chi connectivity index (χ2n) is 5.01. The third kappa shape index (κ3) is 2.13. The zero-order valence-corrected chi connectivity index (χ0v) is 9.67. The second kappa shape index (κ2) is 4.56. The number of rotatable bonds is 2. The van der Waals surface area contributed by atoms with Crippen LogP contribution in [0.5, 0.6) is 0 Å². The van der Waals surface area contributed by atoms with Gasteiger partial charge in [0.25, 0.3) is 0 Å². The van der Waals surface area contributed by atoms with Crippen molar-refractivity contribution in [2.45, 2.75) is 32.5 Å². The third-order valence-electron chi connectivity index (χ3n) is 3.71. The molecule has 0 bridgehead atoms. The molecule has 1 fully saturated rings. The molecule has 0 saturated carbocycles. The highest BCUT2D eigenvalue weighted by Gasteiger charge is 2.15. The van der Waals surface area contributed by atoms with Gasteiger partial charge in [-0.05, 0) is 55.0 Å². The zero-order valence-electron chi connectivity index (χ0n) is 9.67. The molecule has 86 valence electrons. The van der Waals surface area contributed by atoms with E-state index in [2.05, 4.69) is 23.5 Å². The van der Waals surface area contributed by atoms with Gasteiger partial charge in [-0.2, -0.15) is 0 Å². The number of hydrogen-bond donors (Lipinski definition) is 1. The Morgan fingerprint density at radius 2 is 2.19 bits per heavy atom. The molecule has 0 aliphatic carbocycles. The molecule has 2 nitrogen and oxygen atoms in total. The minimum Gasteiger partial charge on any atom is -0.372 e. The lowest BCUT2D eigenvalue weighted by Crippen LogP contribution is -2.30. The van der Waals surface area contributed by atoms with Crippen molar-refractivity contribution < 1.29 is 4.74 Å². The maximum atomic E-state index is 5.45. The number of piperidine rings is 1. The molecule has 0 amide bonds. The van der Waals surface area contributed by atoms with Crippen LogP contribution in [-0.2, 0) is 24.4 Å². The molecule has 2 heterocycles. The third-order valence-corrected chi connectivity index (χ3v) is 3.71. The van der Waals surface area contributed by atoms with Crippen molar-refractivity contribution in [3.63, 3.8) is 0 Å². The van der Waals surface area contributed by atoms with Crippen LogP contribution in [0, 0.1) is 5.92 Å². The van der Waals surface area contributed by atoms with Gasteiger partial charge in [-0.25, -0.2) is 0 Å². The minimum atomic E-state index is 0.806. The molecule has 0 radical (unpaired) electrons. The number of nitrogens with one attached hydrogen (secondary N) is 1. The summed E-state index contributed by atoms with van der Waals surface area (Å²) in [4.78, 5) is 0.